The first kappa shape index (κ1) is 16.2. The first-order chi connectivity index (χ1) is 10.9. The number of carbonyl (C=O) groups is 1. The Kier molecular flexibility index (Phi) is 4.72. The van der Waals surface area contributed by atoms with E-state index in [1.54, 1.807) is 44.2 Å². The fourth-order valence-corrected chi connectivity index (χ4v) is 2.03. The van der Waals surface area contributed by atoms with Gasteiger partial charge in [-0.3, -0.25) is 14.9 Å². The van der Waals surface area contributed by atoms with Gasteiger partial charge in [-0.2, -0.15) is 5.26 Å². The smallest absolute Gasteiger partial charge is 0.280 e. The van der Waals surface area contributed by atoms with Crippen LogP contribution in [-0.2, 0) is 4.79 Å². The maximum atomic E-state index is 11.9. The van der Waals surface area contributed by atoms with E-state index < -0.39 is 4.92 Å². The number of furan rings is 1. The van der Waals surface area contributed by atoms with Crippen LogP contribution >= 0.6 is 0 Å². The van der Waals surface area contributed by atoms with Crippen molar-refractivity contribution in [2.24, 2.45) is 5.92 Å². The molecule has 1 aromatic heterocycles. The lowest BCUT2D eigenvalue weighted by molar-refractivity contribution is -0.384. The quantitative estimate of drug-likeness (QED) is 0.360. The first-order valence-electron chi connectivity index (χ1n) is 6.93. The molecular formula is C17H14N2O4. The number of ketones is 1. The lowest BCUT2D eigenvalue weighted by Gasteiger charge is -2.01. The Labute approximate surface area is 132 Å². The highest BCUT2D eigenvalue weighted by atomic mass is 16.6. The molecule has 0 spiro atoms. The molecule has 1 heterocycles. The summed E-state index contributed by atoms with van der Waals surface area (Å²) < 4.78 is 5.54. The summed E-state index contributed by atoms with van der Waals surface area (Å²) in [5.74, 6) is 0.0169. The van der Waals surface area contributed by atoms with E-state index in [0.29, 0.717) is 17.1 Å². The second kappa shape index (κ2) is 6.71. The summed E-state index contributed by atoms with van der Waals surface area (Å²) in [6.07, 6.45) is 1.35. The number of carbonyl (C=O) groups excluding carboxylic acids is 1. The Morgan fingerprint density at radius 3 is 2.61 bits per heavy atom. The molecule has 6 nitrogen and oxygen atoms in total. The van der Waals surface area contributed by atoms with Crippen molar-refractivity contribution in [3.63, 3.8) is 0 Å². The van der Waals surface area contributed by atoms with Crippen LogP contribution in [0.2, 0.25) is 0 Å². The number of Topliss-reactive ketones (excluding diaryl/α,β-unsaturated/α-hetero) is 1. The number of para-hydroxylation sites is 1. The molecule has 0 atom stereocenters. The van der Waals surface area contributed by atoms with Crippen LogP contribution in [0.5, 0.6) is 0 Å². The lowest BCUT2D eigenvalue weighted by atomic mass is 10.0. The molecular weight excluding hydrogens is 296 g/mol. The number of nitro benzene ring substituents is 1. The first-order valence-corrected chi connectivity index (χ1v) is 6.93. The van der Waals surface area contributed by atoms with Crippen molar-refractivity contribution in [1.29, 1.82) is 5.26 Å². The monoisotopic (exact) mass is 310 g/mol. The number of nitriles is 1. The molecule has 1 aromatic carbocycles. The average molecular weight is 310 g/mol. The fraction of sp³-hybridized carbons (Fsp3) is 0.176. The molecule has 0 unspecified atom stereocenters. The molecule has 0 aliphatic rings. The van der Waals surface area contributed by atoms with E-state index in [1.807, 2.05) is 6.07 Å². The van der Waals surface area contributed by atoms with E-state index in [9.17, 15) is 14.9 Å². The largest absolute Gasteiger partial charge is 0.456 e. The van der Waals surface area contributed by atoms with E-state index in [2.05, 4.69) is 0 Å². The molecule has 0 saturated heterocycles. The maximum Gasteiger partial charge on any atom is 0.280 e. The highest BCUT2D eigenvalue weighted by molar-refractivity contribution is 6.04. The summed E-state index contributed by atoms with van der Waals surface area (Å²) in [6, 6.07) is 11.2. The number of hydrogen-bond donors (Lipinski definition) is 0. The van der Waals surface area contributed by atoms with Crippen molar-refractivity contribution in [1.82, 2.24) is 0 Å². The second-order valence-corrected chi connectivity index (χ2v) is 5.17. The van der Waals surface area contributed by atoms with E-state index in [4.69, 9.17) is 9.68 Å². The molecule has 0 saturated carbocycles. The van der Waals surface area contributed by atoms with Gasteiger partial charge in [-0.05, 0) is 18.2 Å². The van der Waals surface area contributed by atoms with E-state index in [0.717, 1.165) is 0 Å². The SMILES string of the molecule is CC(C)C(=O)/C(C#N)=C/c1ccc(-c2ccccc2[N+](=O)[O-])o1. The molecule has 0 amide bonds. The third-order valence-electron chi connectivity index (χ3n) is 3.19. The molecule has 0 aliphatic carbocycles. The Morgan fingerprint density at radius 2 is 2.00 bits per heavy atom. The molecule has 0 fully saturated rings. The van der Waals surface area contributed by atoms with Gasteiger partial charge in [0.15, 0.2) is 5.78 Å². The third-order valence-corrected chi connectivity index (χ3v) is 3.19. The average Bonchev–Trinajstić information content (AvgIpc) is 3.00. The molecule has 0 bridgehead atoms. The minimum Gasteiger partial charge on any atom is -0.456 e. The van der Waals surface area contributed by atoms with E-state index in [-0.39, 0.29) is 23.0 Å². The van der Waals surface area contributed by atoms with Crippen molar-refractivity contribution < 1.29 is 14.1 Å². The predicted octanol–water partition coefficient (Wildman–Crippen LogP) is 3.99. The van der Waals surface area contributed by atoms with Gasteiger partial charge in [0.05, 0.1) is 16.1 Å². The van der Waals surface area contributed by atoms with Crippen LogP contribution in [-0.4, -0.2) is 10.7 Å². The Bertz CT molecular complexity index is 825. The van der Waals surface area contributed by atoms with Gasteiger partial charge >= 0.3 is 0 Å². The zero-order valence-corrected chi connectivity index (χ0v) is 12.6. The van der Waals surface area contributed by atoms with Crippen LogP contribution in [0, 0.1) is 27.4 Å². The van der Waals surface area contributed by atoms with Crippen LogP contribution in [0.3, 0.4) is 0 Å². The maximum absolute atomic E-state index is 11.9. The molecule has 23 heavy (non-hydrogen) atoms. The van der Waals surface area contributed by atoms with Gasteiger partial charge in [0.1, 0.15) is 17.6 Å². The summed E-state index contributed by atoms with van der Waals surface area (Å²) in [7, 11) is 0. The highest BCUT2D eigenvalue weighted by Crippen LogP contribution is 2.31. The molecule has 116 valence electrons. The number of nitro groups is 1. The zero-order valence-electron chi connectivity index (χ0n) is 12.6. The van der Waals surface area contributed by atoms with Crippen LogP contribution in [0.25, 0.3) is 17.4 Å². The Hall–Kier alpha value is -3.20. The van der Waals surface area contributed by atoms with Crippen molar-refractivity contribution in [3.05, 3.63) is 57.8 Å². The molecule has 0 aliphatic heterocycles. The van der Waals surface area contributed by atoms with Crippen LogP contribution in [0.1, 0.15) is 19.6 Å². The summed E-state index contributed by atoms with van der Waals surface area (Å²) >= 11 is 0. The minimum absolute atomic E-state index is 0.0107. The summed E-state index contributed by atoms with van der Waals surface area (Å²) in [5.41, 5.74) is 0.255. The van der Waals surface area contributed by atoms with Crippen LogP contribution < -0.4 is 0 Å². The number of allylic oxidation sites excluding steroid dienone is 1. The molecule has 2 rings (SSSR count). The zero-order chi connectivity index (χ0) is 17.0. The van der Waals surface area contributed by atoms with Crippen LogP contribution in [0.4, 0.5) is 5.69 Å². The molecule has 6 heteroatoms. The van der Waals surface area contributed by atoms with Gasteiger partial charge in [0.2, 0.25) is 0 Å². The van der Waals surface area contributed by atoms with Gasteiger partial charge in [-0.1, -0.05) is 26.0 Å². The van der Waals surface area contributed by atoms with Gasteiger partial charge in [-0.25, -0.2) is 0 Å². The normalized spacial score (nSPS) is 11.3. The van der Waals surface area contributed by atoms with Crippen molar-refractivity contribution >= 4 is 17.5 Å². The van der Waals surface area contributed by atoms with Gasteiger partial charge in [0.25, 0.3) is 5.69 Å². The van der Waals surface area contributed by atoms with Crippen molar-refractivity contribution in [2.75, 3.05) is 0 Å². The predicted molar refractivity (Wildman–Crippen MR) is 84.2 cm³/mol. The molecule has 0 N–H and O–H groups in total. The summed E-state index contributed by atoms with van der Waals surface area (Å²) in [5, 5.41) is 20.1. The number of rotatable bonds is 5. The second-order valence-electron chi connectivity index (χ2n) is 5.17. The topological polar surface area (TPSA) is 97.1 Å². The number of hydrogen-bond acceptors (Lipinski definition) is 5. The van der Waals surface area contributed by atoms with Gasteiger partial charge in [-0.15, -0.1) is 0 Å². The van der Waals surface area contributed by atoms with Crippen LogP contribution in [0.15, 0.2) is 46.4 Å². The van der Waals surface area contributed by atoms with Crippen molar-refractivity contribution in [2.45, 2.75) is 13.8 Å². The van der Waals surface area contributed by atoms with Gasteiger partial charge < -0.3 is 4.42 Å². The number of nitrogens with zero attached hydrogens (tertiary/aromatic N) is 2. The van der Waals surface area contributed by atoms with Crippen molar-refractivity contribution in [3.8, 4) is 17.4 Å². The highest BCUT2D eigenvalue weighted by Gasteiger charge is 2.18. The van der Waals surface area contributed by atoms with E-state index in [1.165, 1.54) is 12.1 Å². The standard InChI is InChI=1S/C17H14N2O4/c1-11(2)17(20)12(10-18)9-13-7-8-16(23-13)14-5-3-4-6-15(14)19(21)22/h3-9,11H,1-2H3/b12-9+. The summed E-state index contributed by atoms with van der Waals surface area (Å²) in [6.45, 7) is 3.41. The Balaban J connectivity index is 2.41. The molecule has 2 aromatic rings. The third kappa shape index (κ3) is 3.52. The molecule has 0 radical (unpaired) electrons. The minimum atomic E-state index is -0.490. The Morgan fingerprint density at radius 1 is 1.30 bits per heavy atom. The van der Waals surface area contributed by atoms with Gasteiger partial charge in [0, 0.05) is 18.1 Å². The number of benzene rings is 1. The summed E-state index contributed by atoms with van der Waals surface area (Å²) in [4.78, 5) is 22.4. The fourth-order valence-electron chi connectivity index (χ4n) is 2.03. The van der Waals surface area contributed by atoms with E-state index >= 15 is 0 Å². The lowest BCUT2D eigenvalue weighted by Crippen LogP contribution is -2.08.